The van der Waals surface area contributed by atoms with Gasteiger partial charge in [-0.05, 0) is 36.8 Å². The van der Waals surface area contributed by atoms with Gasteiger partial charge in [-0.1, -0.05) is 12.1 Å². The highest BCUT2D eigenvalue weighted by Crippen LogP contribution is 2.31. The fraction of sp³-hybridized carbons (Fsp3) is 0.435. The third-order valence-electron chi connectivity index (χ3n) is 5.24. The molecule has 0 atom stereocenters. The van der Waals surface area contributed by atoms with Crippen LogP contribution in [0.25, 0.3) is 0 Å². The number of nitrogens with zero attached hydrogens (tertiary/aromatic N) is 2. The molecule has 0 saturated carbocycles. The van der Waals surface area contributed by atoms with Gasteiger partial charge in [0.25, 0.3) is 5.91 Å². The number of rotatable bonds is 8. The first-order valence-corrected chi connectivity index (χ1v) is 10.1. The molecule has 1 heterocycles. The largest absolute Gasteiger partial charge is 0.496 e. The quantitative estimate of drug-likeness (QED) is 0.662. The molecule has 0 aliphatic carbocycles. The van der Waals surface area contributed by atoms with Crippen LogP contribution in [0.4, 0.5) is 0 Å². The Balaban J connectivity index is 1.64. The summed E-state index contributed by atoms with van der Waals surface area (Å²) in [7, 11) is 4.77. The van der Waals surface area contributed by atoms with E-state index in [1.807, 2.05) is 30.0 Å². The van der Waals surface area contributed by atoms with E-state index < -0.39 is 0 Å². The van der Waals surface area contributed by atoms with Gasteiger partial charge in [-0.2, -0.15) is 0 Å². The summed E-state index contributed by atoms with van der Waals surface area (Å²) in [6.45, 7) is 6.22. The van der Waals surface area contributed by atoms with E-state index in [-0.39, 0.29) is 5.91 Å². The Hall–Kier alpha value is -2.93. The lowest BCUT2D eigenvalue weighted by molar-refractivity contribution is 0.0622. The molecule has 2 aromatic carbocycles. The summed E-state index contributed by atoms with van der Waals surface area (Å²) in [4.78, 5) is 17.3. The van der Waals surface area contributed by atoms with E-state index in [0.717, 1.165) is 36.7 Å². The number of hydrogen-bond donors (Lipinski definition) is 0. The normalized spacial score (nSPS) is 14.3. The molecule has 1 fully saturated rings. The van der Waals surface area contributed by atoms with Gasteiger partial charge in [-0.15, -0.1) is 0 Å². The van der Waals surface area contributed by atoms with Crippen molar-refractivity contribution in [3.8, 4) is 23.0 Å². The highest BCUT2D eigenvalue weighted by molar-refractivity contribution is 5.99. The minimum Gasteiger partial charge on any atom is -0.496 e. The molecule has 0 aromatic heterocycles. The first-order chi connectivity index (χ1) is 14.6. The highest BCUT2D eigenvalue weighted by atomic mass is 16.5. The van der Waals surface area contributed by atoms with Crippen molar-refractivity contribution in [3.63, 3.8) is 0 Å². The van der Waals surface area contributed by atoms with Crippen LogP contribution < -0.4 is 18.9 Å². The SMILES string of the molecule is CCOc1cc(CN2CCN(C(=O)c3c(OC)cccc3OC)CC2)ccc1OC. The zero-order chi connectivity index (χ0) is 21.5. The molecule has 1 aliphatic rings. The molecule has 0 spiro atoms. The molecule has 1 aliphatic heterocycles. The van der Waals surface area contributed by atoms with Crippen molar-refractivity contribution in [2.75, 3.05) is 54.1 Å². The second-order valence-electron chi connectivity index (χ2n) is 7.02. The van der Waals surface area contributed by atoms with Crippen LogP contribution in [0.2, 0.25) is 0 Å². The Kier molecular flexibility index (Phi) is 7.41. The van der Waals surface area contributed by atoms with Gasteiger partial charge >= 0.3 is 0 Å². The second-order valence-corrected chi connectivity index (χ2v) is 7.02. The van der Waals surface area contributed by atoms with Crippen molar-refractivity contribution in [1.82, 2.24) is 9.80 Å². The van der Waals surface area contributed by atoms with Gasteiger partial charge in [0.1, 0.15) is 17.1 Å². The van der Waals surface area contributed by atoms with Crippen molar-refractivity contribution >= 4 is 5.91 Å². The first kappa shape index (κ1) is 21.8. The monoisotopic (exact) mass is 414 g/mol. The number of hydrogen-bond acceptors (Lipinski definition) is 6. The van der Waals surface area contributed by atoms with Crippen molar-refractivity contribution in [3.05, 3.63) is 47.5 Å². The Morgan fingerprint density at radius 2 is 1.50 bits per heavy atom. The minimum absolute atomic E-state index is 0.0629. The van der Waals surface area contributed by atoms with Gasteiger partial charge in [-0.3, -0.25) is 9.69 Å². The van der Waals surface area contributed by atoms with Gasteiger partial charge in [0, 0.05) is 32.7 Å². The smallest absolute Gasteiger partial charge is 0.261 e. The van der Waals surface area contributed by atoms with Gasteiger partial charge < -0.3 is 23.8 Å². The predicted molar refractivity (Wildman–Crippen MR) is 115 cm³/mol. The average Bonchev–Trinajstić information content (AvgIpc) is 2.79. The summed E-state index contributed by atoms with van der Waals surface area (Å²) >= 11 is 0. The number of piperazine rings is 1. The number of amides is 1. The Bertz CT molecular complexity index is 840. The number of ether oxygens (including phenoxy) is 4. The second kappa shape index (κ2) is 10.2. The van der Waals surface area contributed by atoms with E-state index in [1.54, 1.807) is 33.5 Å². The van der Waals surface area contributed by atoms with Gasteiger partial charge in [0.05, 0.1) is 27.9 Å². The van der Waals surface area contributed by atoms with Gasteiger partial charge in [0.2, 0.25) is 0 Å². The summed E-state index contributed by atoms with van der Waals surface area (Å²) in [5, 5.41) is 0. The van der Waals surface area contributed by atoms with Crippen LogP contribution in [0.1, 0.15) is 22.8 Å². The Labute approximate surface area is 178 Å². The van der Waals surface area contributed by atoms with Crippen molar-refractivity contribution in [2.45, 2.75) is 13.5 Å². The predicted octanol–water partition coefficient (Wildman–Crippen LogP) is 3.07. The maximum atomic E-state index is 13.1. The molecule has 7 nitrogen and oxygen atoms in total. The molecule has 3 rings (SSSR count). The summed E-state index contributed by atoms with van der Waals surface area (Å²) in [5.74, 6) is 2.50. The van der Waals surface area contributed by atoms with E-state index in [1.165, 1.54) is 0 Å². The zero-order valence-corrected chi connectivity index (χ0v) is 18.1. The summed E-state index contributed by atoms with van der Waals surface area (Å²) in [6.07, 6.45) is 0. The van der Waals surface area contributed by atoms with Crippen LogP contribution in [-0.2, 0) is 6.54 Å². The summed E-state index contributed by atoms with van der Waals surface area (Å²) in [5.41, 5.74) is 1.64. The van der Waals surface area contributed by atoms with E-state index >= 15 is 0 Å². The average molecular weight is 415 g/mol. The van der Waals surface area contributed by atoms with Crippen LogP contribution in [0.5, 0.6) is 23.0 Å². The molecule has 162 valence electrons. The lowest BCUT2D eigenvalue weighted by Gasteiger charge is -2.35. The minimum atomic E-state index is -0.0629. The molecular formula is C23H30N2O5. The molecule has 0 N–H and O–H groups in total. The zero-order valence-electron chi connectivity index (χ0n) is 18.1. The van der Waals surface area contributed by atoms with Crippen LogP contribution in [0.15, 0.2) is 36.4 Å². The third kappa shape index (κ3) is 4.79. The third-order valence-corrected chi connectivity index (χ3v) is 5.24. The van der Waals surface area contributed by atoms with Gasteiger partial charge in [0.15, 0.2) is 11.5 Å². The maximum absolute atomic E-state index is 13.1. The van der Waals surface area contributed by atoms with E-state index in [0.29, 0.717) is 36.8 Å². The number of carbonyl (C=O) groups excluding carboxylic acids is 1. The van der Waals surface area contributed by atoms with Crippen LogP contribution >= 0.6 is 0 Å². The van der Waals surface area contributed by atoms with Crippen LogP contribution in [0, 0.1) is 0 Å². The summed E-state index contributed by atoms with van der Waals surface area (Å²) < 4.78 is 21.8. The lowest BCUT2D eigenvalue weighted by atomic mass is 10.1. The van der Waals surface area contributed by atoms with Crippen LogP contribution in [0.3, 0.4) is 0 Å². The fourth-order valence-corrected chi connectivity index (χ4v) is 3.68. The van der Waals surface area contributed by atoms with E-state index in [4.69, 9.17) is 18.9 Å². The van der Waals surface area contributed by atoms with Gasteiger partial charge in [-0.25, -0.2) is 0 Å². The molecular weight excluding hydrogens is 384 g/mol. The fourth-order valence-electron chi connectivity index (χ4n) is 3.68. The van der Waals surface area contributed by atoms with Crippen LogP contribution in [-0.4, -0.2) is 69.8 Å². The van der Waals surface area contributed by atoms with E-state index in [2.05, 4.69) is 11.0 Å². The first-order valence-electron chi connectivity index (χ1n) is 10.1. The number of methoxy groups -OCH3 is 3. The summed E-state index contributed by atoms with van der Waals surface area (Å²) in [6, 6.07) is 11.4. The topological polar surface area (TPSA) is 60.5 Å². The molecule has 0 bridgehead atoms. The van der Waals surface area contributed by atoms with Crippen molar-refractivity contribution in [1.29, 1.82) is 0 Å². The van der Waals surface area contributed by atoms with E-state index in [9.17, 15) is 4.79 Å². The van der Waals surface area contributed by atoms with Crippen molar-refractivity contribution in [2.24, 2.45) is 0 Å². The number of benzene rings is 2. The molecule has 1 saturated heterocycles. The number of carbonyl (C=O) groups is 1. The Morgan fingerprint density at radius 3 is 2.07 bits per heavy atom. The molecule has 2 aromatic rings. The standard InChI is InChI=1S/C23H30N2O5/c1-5-30-21-15-17(9-10-18(21)27-2)16-24-11-13-25(14-12-24)23(26)22-19(28-3)7-6-8-20(22)29-4/h6-10,15H,5,11-14,16H2,1-4H3. The molecule has 30 heavy (non-hydrogen) atoms. The lowest BCUT2D eigenvalue weighted by Crippen LogP contribution is -2.48. The molecule has 7 heteroatoms. The highest BCUT2D eigenvalue weighted by Gasteiger charge is 2.27. The molecule has 1 amide bonds. The Morgan fingerprint density at radius 1 is 0.867 bits per heavy atom. The molecule has 0 radical (unpaired) electrons. The molecule has 0 unspecified atom stereocenters. The maximum Gasteiger partial charge on any atom is 0.261 e. The van der Waals surface area contributed by atoms with Crippen molar-refractivity contribution < 1.29 is 23.7 Å².